The molecule has 2 rings (SSSR count). The van der Waals surface area contributed by atoms with Crippen molar-refractivity contribution in [2.75, 3.05) is 39.2 Å². The summed E-state index contributed by atoms with van der Waals surface area (Å²) in [6, 6.07) is 7.85. The molecule has 0 unspecified atom stereocenters. The monoisotopic (exact) mass is 362 g/mol. The van der Waals surface area contributed by atoms with Crippen LogP contribution in [0.4, 0.5) is 5.69 Å². The minimum atomic E-state index is 0.636. The Bertz CT molecular complexity index is 673. The van der Waals surface area contributed by atoms with Gasteiger partial charge in [-0.25, -0.2) is 4.98 Å². The van der Waals surface area contributed by atoms with Gasteiger partial charge in [0.05, 0.1) is 11.6 Å². The van der Waals surface area contributed by atoms with E-state index in [-0.39, 0.29) is 0 Å². The second-order valence-electron chi connectivity index (χ2n) is 5.46. The molecule has 0 atom stereocenters. The molecule has 0 aliphatic carbocycles. The molecule has 2 N–H and O–H groups in total. The van der Waals surface area contributed by atoms with E-state index in [4.69, 9.17) is 9.47 Å². The van der Waals surface area contributed by atoms with Gasteiger partial charge >= 0.3 is 0 Å². The van der Waals surface area contributed by atoms with Gasteiger partial charge in [0.15, 0.2) is 5.96 Å². The molecule has 0 saturated carbocycles. The molecular weight excluding hydrogens is 336 g/mol. The molecule has 1 aromatic carbocycles. The molecule has 0 spiro atoms. The highest BCUT2D eigenvalue weighted by Crippen LogP contribution is 2.17. The molecule has 7 heteroatoms. The molecule has 0 bridgehead atoms. The first-order valence-electron chi connectivity index (χ1n) is 8.32. The van der Waals surface area contributed by atoms with Gasteiger partial charge < -0.3 is 20.1 Å². The van der Waals surface area contributed by atoms with Gasteiger partial charge in [-0.3, -0.25) is 4.99 Å². The summed E-state index contributed by atoms with van der Waals surface area (Å²) in [7, 11) is 3.45. The maximum Gasteiger partial charge on any atom is 0.195 e. The lowest BCUT2D eigenvalue weighted by Gasteiger charge is -2.13. The van der Waals surface area contributed by atoms with Gasteiger partial charge in [-0.2, -0.15) is 0 Å². The van der Waals surface area contributed by atoms with Crippen LogP contribution in [0.1, 0.15) is 16.3 Å². The van der Waals surface area contributed by atoms with Crippen LogP contribution in [0.2, 0.25) is 0 Å². The number of aliphatic imine (C=N–C) groups is 1. The van der Waals surface area contributed by atoms with Gasteiger partial charge in [-0.1, -0.05) is 6.07 Å². The highest BCUT2D eigenvalue weighted by atomic mass is 32.1. The Morgan fingerprint density at radius 2 is 2.20 bits per heavy atom. The summed E-state index contributed by atoms with van der Waals surface area (Å²) in [6.07, 6.45) is 3.65. The fourth-order valence-corrected chi connectivity index (χ4v) is 2.96. The van der Waals surface area contributed by atoms with Gasteiger partial charge in [-0.05, 0) is 19.1 Å². The summed E-state index contributed by atoms with van der Waals surface area (Å²) in [5.41, 5.74) is 0.933. The van der Waals surface area contributed by atoms with E-state index >= 15 is 0 Å². The molecule has 0 aliphatic heterocycles. The number of aromatic nitrogens is 1. The quantitative estimate of drug-likeness (QED) is 0.408. The van der Waals surface area contributed by atoms with Crippen LogP contribution in [0.3, 0.4) is 0 Å². The Hall–Kier alpha value is -2.12. The Kier molecular flexibility index (Phi) is 8.21. The first kappa shape index (κ1) is 19.2. The average Bonchev–Trinajstić information content (AvgIpc) is 3.03. The summed E-state index contributed by atoms with van der Waals surface area (Å²) in [6.45, 7) is 4.18. The molecule has 136 valence electrons. The fourth-order valence-electron chi connectivity index (χ4n) is 2.18. The third-order valence-electron chi connectivity index (χ3n) is 3.38. The number of rotatable bonds is 9. The number of thiazole rings is 1. The van der Waals surface area contributed by atoms with E-state index in [9.17, 15) is 0 Å². The SMILES string of the molecule is CN=C(NCCc1ncc(C)s1)Nc1cccc(OCCCOC)c1. The maximum absolute atomic E-state index is 5.72. The van der Waals surface area contributed by atoms with E-state index in [2.05, 4.69) is 27.5 Å². The smallest absolute Gasteiger partial charge is 0.195 e. The van der Waals surface area contributed by atoms with E-state index < -0.39 is 0 Å². The fraction of sp³-hybridized carbons (Fsp3) is 0.444. The number of hydrogen-bond acceptors (Lipinski definition) is 5. The Labute approximate surface area is 153 Å². The van der Waals surface area contributed by atoms with Crippen molar-refractivity contribution in [3.8, 4) is 5.75 Å². The van der Waals surface area contributed by atoms with Crippen LogP contribution in [-0.4, -0.2) is 44.9 Å². The van der Waals surface area contributed by atoms with Crippen LogP contribution >= 0.6 is 11.3 Å². The van der Waals surface area contributed by atoms with Crippen molar-refractivity contribution in [1.82, 2.24) is 10.3 Å². The zero-order valence-corrected chi connectivity index (χ0v) is 15.9. The third-order valence-corrected chi connectivity index (χ3v) is 4.35. The van der Waals surface area contributed by atoms with Gasteiger partial charge in [0, 0.05) is 63.0 Å². The first-order chi connectivity index (χ1) is 12.2. The molecule has 1 heterocycles. The summed E-state index contributed by atoms with van der Waals surface area (Å²) in [4.78, 5) is 9.86. The molecule has 0 saturated heterocycles. The minimum Gasteiger partial charge on any atom is -0.493 e. The van der Waals surface area contributed by atoms with Crippen molar-refractivity contribution >= 4 is 23.0 Å². The molecule has 0 aliphatic rings. The number of nitrogens with one attached hydrogen (secondary N) is 2. The van der Waals surface area contributed by atoms with Crippen LogP contribution in [0.25, 0.3) is 0 Å². The predicted octanol–water partition coefficient (Wildman–Crippen LogP) is 3.10. The van der Waals surface area contributed by atoms with Crippen molar-refractivity contribution in [2.24, 2.45) is 4.99 Å². The lowest BCUT2D eigenvalue weighted by atomic mass is 10.3. The summed E-state index contributed by atoms with van der Waals surface area (Å²) >= 11 is 1.73. The highest BCUT2D eigenvalue weighted by Gasteiger charge is 2.03. The van der Waals surface area contributed by atoms with Gasteiger partial charge in [0.2, 0.25) is 0 Å². The summed E-state index contributed by atoms with van der Waals surface area (Å²) in [5, 5.41) is 7.71. The van der Waals surface area contributed by atoms with Crippen LogP contribution in [-0.2, 0) is 11.2 Å². The molecule has 0 radical (unpaired) electrons. The Morgan fingerprint density at radius 3 is 2.92 bits per heavy atom. The van der Waals surface area contributed by atoms with E-state index in [1.807, 2.05) is 30.5 Å². The number of aryl methyl sites for hydroxylation is 1. The zero-order valence-electron chi connectivity index (χ0n) is 15.0. The largest absolute Gasteiger partial charge is 0.493 e. The van der Waals surface area contributed by atoms with Crippen molar-refractivity contribution in [3.63, 3.8) is 0 Å². The number of hydrogen-bond donors (Lipinski definition) is 2. The van der Waals surface area contributed by atoms with E-state index in [1.54, 1.807) is 25.5 Å². The van der Waals surface area contributed by atoms with Crippen LogP contribution < -0.4 is 15.4 Å². The molecule has 1 aromatic heterocycles. The number of anilines is 1. The molecule has 6 nitrogen and oxygen atoms in total. The van der Waals surface area contributed by atoms with E-state index in [1.165, 1.54) is 4.88 Å². The van der Waals surface area contributed by atoms with Crippen molar-refractivity contribution in [1.29, 1.82) is 0 Å². The minimum absolute atomic E-state index is 0.636. The lowest BCUT2D eigenvalue weighted by molar-refractivity contribution is 0.172. The molecule has 2 aromatic rings. The van der Waals surface area contributed by atoms with E-state index in [0.717, 1.165) is 41.8 Å². The lowest BCUT2D eigenvalue weighted by Crippen LogP contribution is -2.32. The number of benzene rings is 1. The Morgan fingerprint density at radius 1 is 1.32 bits per heavy atom. The standard InChI is InChI=1S/C18H26N4O2S/c1-14-13-21-17(25-14)8-9-20-18(19-2)22-15-6-4-7-16(12-15)24-11-5-10-23-3/h4,6-7,12-13H,5,8-11H2,1-3H3,(H2,19,20,22). The Balaban J connectivity index is 1.79. The van der Waals surface area contributed by atoms with Crippen molar-refractivity contribution in [3.05, 3.63) is 40.3 Å². The van der Waals surface area contributed by atoms with Crippen LogP contribution in [0.5, 0.6) is 5.75 Å². The normalized spacial score (nSPS) is 11.4. The topological polar surface area (TPSA) is 67.8 Å². The van der Waals surface area contributed by atoms with Crippen LogP contribution in [0, 0.1) is 6.92 Å². The molecule has 25 heavy (non-hydrogen) atoms. The molecule has 0 amide bonds. The third kappa shape index (κ3) is 7.11. The average molecular weight is 362 g/mol. The maximum atomic E-state index is 5.72. The van der Waals surface area contributed by atoms with Gasteiger partial charge in [0.1, 0.15) is 5.75 Å². The summed E-state index contributed by atoms with van der Waals surface area (Å²) < 4.78 is 10.7. The second-order valence-corrected chi connectivity index (χ2v) is 6.78. The number of guanidine groups is 1. The number of methoxy groups -OCH3 is 1. The predicted molar refractivity (Wildman–Crippen MR) is 104 cm³/mol. The van der Waals surface area contributed by atoms with Crippen molar-refractivity contribution in [2.45, 2.75) is 19.8 Å². The number of ether oxygens (including phenoxy) is 2. The molecular formula is C18H26N4O2S. The van der Waals surface area contributed by atoms with E-state index in [0.29, 0.717) is 13.2 Å². The van der Waals surface area contributed by atoms with Crippen molar-refractivity contribution < 1.29 is 9.47 Å². The first-order valence-corrected chi connectivity index (χ1v) is 9.13. The van der Waals surface area contributed by atoms with Crippen LogP contribution in [0.15, 0.2) is 35.5 Å². The van der Waals surface area contributed by atoms with Gasteiger partial charge in [-0.15, -0.1) is 11.3 Å². The second kappa shape index (κ2) is 10.7. The summed E-state index contributed by atoms with van der Waals surface area (Å²) in [5.74, 6) is 1.56. The highest BCUT2D eigenvalue weighted by molar-refractivity contribution is 7.11. The van der Waals surface area contributed by atoms with Gasteiger partial charge in [0.25, 0.3) is 0 Å². The molecule has 0 fully saturated rings. The zero-order chi connectivity index (χ0) is 17.9. The number of nitrogens with zero attached hydrogens (tertiary/aromatic N) is 2.